The van der Waals surface area contributed by atoms with E-state index < -0.39 is 8.32 Å². The lowest BCUT2D eigenvalue weighted by Crippen LogP contribution is -2.26. The normalized spacial score (nSPS) is 12.8. The van der Waals surface area contributed by atoms with Gasteiger partial charge in [-0.25, -0.2) is 0 Å². The molecule has 0 unspecified atom stereocenters. The summed E-state index contributed by atoms with van der Waals surface area (Å²) in [6.45, 7) is 12.6. The van der Waals surface area contributed by atoms with Crippen LogP contribution in [0.1, 0.15) is 32.4 Å². The molecule has 0 aliphatic heterocycles. The molecule has 0 bridgehead atoms. The molecule has 1 aromatic rings. The minimum atomic E-state index is -1.63. The van der Waals surface area contributed by atoms with Gasteiger partial charge in [0.05, 0.1) is 0 Å². The molecule has 0 spiro atoms. The van der Waals surface area contributed by atoms with E-state index in [2.05, 4.69) is 31.8 Å². The van der Waals surface area contributed by atoms with Crippen molar-refractivity contribution in [3.05, 3.63) is 47.4 Å². The molecule has 0 N–H and O–H groups in total. The first-order valence-corrected chi connectivity index (χ1v) is 9.78. The molecule has 0 fully saturated rings. The molecular formula is C15H24O2Si. The van der Waals surface area contributed by atoms with Gasteiger partial charge < -0.3 is 9.16 Å². The average Bonchev–Trinajstić information content (AvgIpc) is 2.27. The van der Waals surface area contributed by atoms with E-state index in [0.29, 0.717) is 5.95 Å². The van der Waals surface area contributed by atoms with Crippen LogP contribution in [0, 0.1) is 0 Å². The lowest BCUT2D eigenvalue weighted by Gasteiger charge is -2.25. The second kappa shape index (κ2) is 6.09. The maximum Gasteiger partial charge on any atom is 0.264 e. The van der Waals surface area contributed by atoms with Gasteiger partial charge in [0.25, 0.3) is 5.95 Å². The third-order valence-electron chi connectivity index (χ3n) is 2.36. The number of allylic oxidation sites excluding steroid dienone is 1. The highest BCUT2D eigenvalue weighted by atomic mass is 28.4. The number of hydrogen-bond donors (Lipinski definition) is 0. The van der Waals surface area contributed by atoms with Gasteiger partial charge in [0, 0.05) is 5.57 Å². The molecule has 0 saturated carbocycles. The Morgan fingerprint density at radius 3 is 2.06 bits per heavy atom. The van der Waals surface area contributed by atoms with Crippen LogP contribution < -0.4 is 0 Å². The first kappa shape index (κ1) is 14.8. The fourth-order valence-electron chi connectivity index (χ4n) is 1.47. The number of benzene rings is 1. The van der Waals surface area contributed by atoms with Crippen molar-refractivity contribution in [1.82, 2.24) is 0 Å². The Bertz CT molecular complexity index is 400. The van der Waals surface area contributed by atoms with Crippen molar-refractivity contribution in [2.45, 2.75) is 46.5 Å². The molecule has 18 heavy (non-hydrogen) atoms. The van der Waals surface area contributed by atoms with Crippen molar-refractivity contribution in [2.24, 2.45) is 0 Å². The maximum absolute atomic E-state index is 5.99. The van der Waals surface area contributed by atoms with E-state index in [1.54, 1.807) is 0 Å². The summed E-state index contributed by atoms with van der Waals surface area (Å²) in [4.78, 5) is 0. The predicted octanol–water partition coefficient (Wildman–Crippen LogP) is 4.87. The number of hydrogen-bond acceptors (Lipinski definition) is 2. The van der Waals surface area contributed by atoms with Crippen LogP contribution in [0.3, 0.4) is 0 Å². The van der Waals surface area contributed by atoms with E-state index in [-0.39, 0.29) is 6.10 Å². The highest BCUT2D eigenvalue weighted by Crippen LogP contribution is 2.24. The number of ether oxygens (including phenoxy) is 1. The maximum atomic E-state index is 5.99. The van der Waals surface area contributed by atoms with Crippen molar-refractivity contribution >= 4 is 8.32 Å². The Balaban J connectivity index is 2.78. The molecule has 0 aliphatic rings. The fraction of sp³-hybridized carbons (Fsp3) is 0.467. The Morgan fingerprint density at radius 1 is 1.06 bits per heavy atom. The largest absolute Gasteiger partial charge is 0.520 e. The summed E-state index contributed by atoms with van der Waals surface area (Å²) in [7, 11) is -1.63. The van der Waals surface area contributed by atoms with E-state index in [1.165, 1.54) is 0 Å². The Kier molecular flexibility index (Phi) is 5.02. The zero-order valence-electron chi connectivity index (χ0n) is 12.3. The summed E-state index contributed by atoms with van der Waals surface area (Å²) in [5.74, 6) is 0.686. The first-order chi connectivity index (χ1) is 8.29. The Morgan fingerprint density at radius 2 is 1.61 bits per heavy atom. The van der Waals surface area contributed by atoms with Crippen LogP contribution in [0.4, 0.5) is 0 Å². The molecule has 1 atom stereocenters. The quantitative estimate of drug-likeness (QED) is 0.558. The van der Waals surface area contributed by atoms with Crippen LogP contribution in [0.2, 0.25) is 19.6 Å². The molecule has 0 aromatic heterocycles. The van der Waals surface area contributed by atoms with E-state index in [4.69, 9.17) is 9.16 Å². The molecule has 100 valence electrons. The van der Waals surface area contributed by atoms with E-state index in [0.717, 1.165) is 11.1 Å². The molecule has 1 rings (SSSR count). The van der Waals surface area contributed by atoms with Crippen LogP contribution in [-0.2, 0) is 9.16 Å². The molecule has 0 aliphatic carbocycles. The van der Waals surface area contributed by atoms with E-state index in [9.17, 15) is 0 Å². The van der Waals surface area contributed by atoms with Crippen molar-refractivity contribution < 1.29 is 9.16 Å². The summed E-state index contributed by atoms with van der Waals surface area (Å²) in [5, 5.41) is 0. The van der Waals surface area contributed by atoms with Gasteiger partial charge in [-0.15, -0.1) is 0 Å². The van der Waals surface area contributed by atoms with Crippen molar-refractivity contribution in [3.8, 4) is 0 Å². The topological polar surface area (TPSA) is 18.5 Å². The van der Waals surface area contributed by atoms with Crippen LogP contribution in [0.15, 0.2) is 41.9 Å². The molecule has 3 heteroatoms. The van der Waals surface area contributed by atoms with Gasteiger partial charge in [-0.05, 0) is 46.0 Å². The molecule has 2 nitrogen and oxygen atoms in total. The second-order valence-corrected chi connectivity index (χ2v) is 10.1. The molecule has 0 radical (unpaired) electrons. The number of rotatable bonds is 5. The summed E-state index contributed by atoms with van der Waals surface area (Å²) in [6.07, 6.45) is 0.00690. The first-order valence-electron chi connectivity index (χ1n) is 6.37. The van der Waals surface area contributed by atoms with Crippen molar-refractivity contribution in [3.63, 3.8) is 0 Å². The third-order valence-corrected chi connectivity index (χ3v) is 3.16. The molecule has 0 saturated heterocycles. The van der Waals surface area contributed by atoms with Crippen LogP contribution in [0.5, 0.6) is 0 Å². The Hall–Kier alpha value is -1.22. The smallest absolute Gasteiger partial charge is 0.264 e. The minimum Gasteiger partial charge on any atom is -0.520 e. The van der Waals surface area contributed by atoms with Gasteiger partial charge in [0.15, 0.2) is 0 Å². The summed E-state index contributed by atoms with van der Waals surface area (Å²) >= 11 is 0. The van der Waals surface area contributed by atoms with Crippen LogP contribution in [0.25, 0.3) is 0 Å². The summed E-state index contributed by atoms with van der Waals surface area (Å²) in [6, 6.07) is 10.2. The monoisotopic (exact) mass is 264 g/mol. The lowest BCUT2D eigenvalue weighted by atomic mass is 10.1. The molecular weight excluding hydrogens is 240 g/mol. The SMILES string of the molecule is CC(C)=C(O[C@@H](C)c1ccccc1)O[Si](C)(C)C. The highest BCUT2D eigenvalue weighted by Gasteiger charge is 2.21. The molecule has 0 heterocycles. The summed E-state index contributed by atoms with van der Waals surface area (Å²) in [5.41, 5.74) is 2.25. The fourth-order valence-corrected chi connectivity index (χ4v) is 2.28. The minimum absolute atomic E-state index is 0.00690. The van der Waals surface area contributed by atoms with Crippen LogP contribution >= 0.6 is 0 Å². The van der Waals surface area contributed by atoms with Gasteiger partial charge >= 0.3 is 0 Å². The lowest BCUT2D eigenvalue weighted by molar-refractivity contribution is 0.0459. The van der Waals surface area contributed by atoms with Gasteiger partial charge in [-0.3, -0.25) is 0 Å². The predicted molar refractivity (Wildman–Crippen MR) is 78.7 cm³/mol. The second-order valence-electron chi connectivity index (χ2n) is 5.67. The Labute approximate surface area is 112 Å². The van der Waals surface area contributed by atoms with Gasteiger partial charge in [-0.1, -0.05) is 30.3 Å². The van der Waals surface area contributed by atoms with Crippen molar-refractivity contribution in [1.29, 1.82) is 0 Å². The summed E-state index contributed by atoms with van der Waals surface area (Å²) < 4.78 is 12.0. The average molecular weight is 264 g/mol. The van der Waals surface area contributed by atoms with E-state index in [1.807, 2.05) is 39.0 Å². The zero-order valence-corrected chi connectivity index (χ0v) is 13.3. The molecule has 1 aromatic carbocycles. The van der Waals surface area contributed by atoms with Crippen LogP contribution in [-0.4, -0.2) is 8.32 Å². The van der Waals surface area contributed by atoms with Gasteiger partial charge in [0.2, 0.25) is 8.32 Å². The van der Waals surface area contributed by atoms with Gasteiger partial charge in [0.1, 0.15) is 6.10 Å². The zero-order chi connectivity index (χ0) is 13.8. The standard InChI is InChI=1S/C15H24O2Si/c1-12(2)15(17-18(4,5)6)16-13(3)14-10-8-7-9-11-14/h7-11,13H,1-6H3/t13-/m0/s1. The van der Waals surface area contributed by atoms with Crippen molar-refractivity contribution in [2.75, 3.05) is 0 Å². The van der Waals surface area contributed by atoms with E-state index >= 15 is 0 Å². The highest BCUT2D eigenvalue weighted by molar-refractivity contribution is 6.70. The third kappa shape index (κ3) is 4.96. The van der Waals surface area contributed by atoms with Gasteiger partial charge in [-0.2, -0.15) is 0 Å². The molecule has 0 amide bonds.